The number of piperidine rings is 1. The average molecular weight is 547 g/mol. The van der Waals surface area contributed by atoms with Crippen LogP contribution in [0.15, 0.2) is 97.2 Å². The van der Waals surface area contributed by atoms with Crippen LogP contribution in [0.4, 0.5) is 23.7 Å². The molecule has 2 atom stereocenters. The van der Waals surface area contributed by atoms with E-state index in [0.717, 1.165) is 10.5 Å². The monoisotopic (exact) mass is 546 g/mol. The van der Waals surface area contributed by atoms with Gasteiger partial charge in [-0.15, -0.1) is 0 Å². The molecule has 40 heavy (non-hydrogen) atoms. The van der Waals surface area contributed by atoms with Crippen LogP contribution in [0.5, 0.6) is 0 Å². The smallest absolute Gasteiger partial charge is 0.327 e. The number of hydrogen-bond donors (Lipinski definition) is 1. The molecule has 1 fully saturated rings. The minimum absolute atomic E-state index is 0.208. The summed E-state index contributed by atoms with van der Waals surface area (Å²) in [5.74, 6) is -1.88. The maximum Gasteiger partial charge on any atom is 0.471 e. The summed E-state index contributed by atoms with van der Waals surface area (Å²) in [6, 6.07) is 25.9. The van der Waals surface area contributed by atoms with E-state index in [2.05, 4.69) is 10.3 Å². The average Bonchev–Trinajstić information content (AvgIpc) is 2.96. The number of halogens is 3. The molecule has 206 valence electrons. The molecule has 1 aliphatic rings. The lowest BCUT2D eigenvalue weighted by molar-refractivity contribution is -0.189. The zero-order chi connectivity index (χ0) is 28.1. The van der Waals surface area contributed by atoms with E-state index < -0.39 is 24.2 Å². The zero-order valence-electron chi connectivity index (χ0n) is 21.7. The third-order valence-corrected chi connectivity index (χ3v) is 7.31. The Morgan fingerprint density at radius 1 is 0.925 bits per heavy atom. The van der Waals surface area contributed by atoms with Crippen molar-refractivity contribution in [2.45, 2.75) is 44.1 Å². The van der Waals surface area contributed by atoms with Gasteiger partial charge in [-0.05, 0) is 54.7 Å². The van der Waals surface area contributed by atoms with E-state index >= 15 is 0 Å². The van der Waals surface area contributed by atoms with Crippen LogP contribution in [0.25, 0.3) is 10.9 Å². The summed E-state index contributed by atoms with van der Waals surface area (Å²) in [5.41, 5.74) is 2.83. The molecule has 0 aliphatic carbocycles. The largest absolute Gasteiger partial charge is 0.471 e. The molecule has 9 heteroatoms. The second-order valence-corrected chi connectivity index (χ2v) is 9.93. The van der Waals surface area contributed by atoms with Crippen LogP contribution >= 0.6 is 0 Å². The highest BCUT2D eigenvalue weighted by atomic mass is 19.4. The molecule has 4 aromatic rings. The Morgan fingerprint density at radius 2 is 1.60 bits per heavy atom. The minimum atomic E-state index is -5.03. The number of amides is 3. The Kier molecular flexibility index (Phi) is 8.00. The fourth-order valence-electron chi connectivity index (χ4n) is 5.38. The summed E-state index contributed by atoms with van der Waals surface area (Å²) in [7, 11) is 0. The number of pyridine rings is 1. The first-order valence-corrected chi connectivity index (χ1v) is 13.2. The first-order valence-electron chi connectivity index (χ1n) is 13.2. The summed E-state index contributed by atoms with van der Waals surface area (Å²) in [6.07, 6.45) is -2.60. The number of urea groups is 1. The maximum absolute atomic E-state index is 13.9. The van der Waals surface area contributed by atoms with Crippen LogP contribution in [0.1, 0.15) is 24.0 Å². The topological polar surface area (TPSA) is 65.5 Å². The molecule has 0 radical (unpaired) electrons. The molecule has 0 saturated carbocycles. The van der Waals surface area contributed by atoms with Gasteiger partial charge >= 0.3 is 18.1 Å². The maximum atomic E-state index is 13.9. The number of carbonyl (C=O) groups is 2. The number of benzene rings is 3. The van der Waals surface area contributed by atoms with E-state index in [1.165, 1.54) is 0 Å². The number of fused-ring (bicyclic) bond motifs is 1. The van der Waals surface area contributed by atoms with Crippen molar-refractivity contribution in [1.82, 2.24) is 14.8 Å². The van der Waals surface area contributed by atoms with Gasteiger partial charge in [0.15, 0.2) is 0 Å². The first kappa shape index (κ1) is 27.2. The molecule has 2 heterocycles. The Bertz CT molecular complexity index is 1460. The van der Waals surface area contributed by atoms with Crippen LogP contribution in [-0.2, 0) is 17.8 Å². The number of anilines is 1. The van der Waals surface area contributed by atoms with Gasteiger partial charge in [-0.1, -0.05) is 66.7 Å². The first-order chi connectivity index (χ1) is 19.3. The lowest BCUT2D eigenvalue weighted by Crippen LogP contribution is -2.56. The van der Waals surface area contributed by atoms with Gasteiger partial charge < -0.3 is 15.1 Å². The highest BCUT2D eigenvalue weighted by Gasteiger charge is 2.46. The van der Waals surface area contributed by atoms with Crippen molar-refractivity contribution in [2.75, 3.05) is 11.9 Å². The molecule has 0 spiro atoms. The van der Waals surface area contributed by atoms with Crippen LogP contribution in [0.3, 0.4) is 0 Å². The van der Waals surface area contributed by atoms with Crippen molar-refractivity contribution in [3.05, 3.63) is 108 Å². The van der Waals surface area contributed by atoms with Crippen LogP contribution < -0.4 is 5.32 Å². The number of para-hydroxylation sites is 2. The SMILES string of the molecule is O=C(Nc1ccccc1)N1CC[C@H](N(Cc2ccnc3ccccc23)C(=O)C(F)(F)F)C[C@H]1Cc1ccccc1. The van der Waals surface area contributed by atoms with E-state index in [1.54, 1.807) is 47.5 Å². The third-order valence-electron chi connectivity index (χ3n) is 7.31. The molecule has 1 aliphatic heterocycles. The Hall–Kier alpha value is -4.40. The summed E-state index contributed by atoms with van der Waals surface area (Å²) < 4.78 is 41.7. The molecule has 6 nitrogen and oxygen atoms in total. The number of nitrogens with zero attached hydrogens (tertiary/aromatic N) is 3. The number of rotatable bonds is 6. The van der Waals surface area contributed by atoms with Crippen molar-refractivity contribution >= 4 is 28.5 Å². The van der Waals surface area contributed by atoms with Gasteiger partial charge in [-0.3, -0.25) is 9.78 Å². The zero-order valence-corrected chi connectivity index (χ0v) is 21.7. The van der Waals surface area contributed by atoms with Crippen molar-refractivity contribution in [1.29, 1.82) is 0 Å². The number of hydrogen-bond acceptors (Lipinski definition) is 3. The second-order valence-electron chi connectivity index (χ2n) is 9.93. The normalized spacial score (nSPS) is 17.4. The van der Waals surface area contributed by atoms with E-state index in [0.29, 0.717) is 28.6 Å². The quantitative estimate of drug-likeness (QED) is 0.303. The highest BCUT2D eigenvalue weighted by molar-refractivity contribution is 5.89. The van der Waals surface area contributed by atoms with Crippen molar-refractivity contribution in [3.63, 3.8) is 0 Å². The Labute approximate surface area is 230 Å². The molecular formula is C31H29F3N4O2. The minimum Gasteiger partial charge on any atom is -0.327 e. The molecule has 1 aromatic heterocycles. The standard InChI is InChI=1S/C31H29F3N4O2/c32-31(33,34)29(39)38(21-23-15-17-35-28-14-8-7-13-27(23)28)25-16-18-37(30(40)36-24-11-5-2-6-12-24)26(20-25)19-22-9-3-1-4-10-22/h1-15,17,25-26H,16,18-21H2,(H,36,40)/t25-,26+/m0/s1. The van der Waals surface area contributed by atoms with E-state index in [1.807, 2.05) is 54.6 Å². The number of nitrogens with one attached hydrogen (secondary N) is 1. The molecule has 5 rings (SSSR count). The Morgan fingerprint density at radius 3 is 2.33 bits per heavy atom. The van der Waals surface area contributed by atoms with Crippen LogP contribution in [0.2, 0.25) is 0 Å². The molecule has 1 saturated heterocycles. The van der Waals surface area contributed by atoms with Crippen LogP contribution in [-0.4, -0.2) is 51.5 Å². The van der Waals surface area contributed by atoms with Gasteiger partial charge in [0.1, 0.15) is 0 Å². The summed E-state index contributed by atoms with van der Waals surface area (Å²) in [4.78, 5) is 33.1. The molecule has 0 unspecified atom stereocenters. The van der Waals surface area contributed by atoms with E-state index in [9.17, 15) is 22.8 Å². The lowest BCUT2D eigenvalue weighted by Gasteiger charge is -2.43. The van der Waals surface area contributed by atoms with Gasteiger partial charge in [0.25, 0.3) is 0 Å². The number of aromatic nitrogens is 1. The third kappa shape index (κ3) is 6.25. The summed E-state index contributed by atoms with van der Waals surface area (Å²) >= 11 is 0. The predicted octanol–water partition coefficient (Wildman–Crippen LogP) is 6.43. The molecule has 1 N–H and O–H groups in total. The summed E-state index contributed by atoms with van der Waals surface area (Å²) in [6.45, 7) is -0.000123. The molecule has 0 bridgehead atoms. The fourth-order valence-corrected chi connectivity index (χ4v) is 5.38. The van der Waals surface area contributed by atoms with Gasteiger partial charge in [0.2, 0.25) is 0 Å². The number of likely N-dealkylation sites (tertiary alicyclic amines) is 1. The molecule has 3 aromatic carbocycles. The van der Waals surface area contributed by atoms with E-state index in [-0.39, 0.29) is 32.0 Å². The van der Waals surface area contributed by atoms with E-state index in [4.69, 9.17) is 0 Å². The van der Waals surface area contributed by atoms with Crippen molar-refractivity contribution in [3.8, 4) is 0 Å². The molecule has 3 amide bonds. The fraction of sp³-hybridized carbons (Fsp3) is 0.258. The second kappa shape index (κ2) is 11.8. The number of alkyl halides is 3. The number of carbonyl (C=O) groups excluding carboxylic acids is 2. The Balaban J connectivity index is 1.44. The summed E-state index contributed by atoms with van der Waals surface area (Å²) in [5, 5.41) is 3.60. The predicted molar refractivity (Wildman–Crippen MR) is 147 cm³/mol. The van der Waals surface area contributed by atoms with Gasteiger partial charge in [-0.25, -0.2) is 4.79 Å². The van der Waals surface area contributed by atoms with Crippen LogP contribution in [0, 0.1) is 0 Å². The van der Waals surface area contributed by atoms with Gasteiger partial charge in [0, 0.05) is 42.4 Å². The highest BCUT2D eigenvalue weighted by Crippen LogP contribution is 2.31. The molecular weight excluding hydrogens is 517 g/mol. The van der Waals surface area contributed by atoms with Gasteiger partial charge in [-0.2, -0.15) is 13.2 Å². The van der Waals surface area contributed by atoms with Crippen molar-refractivity contribution in [2.24, 2.45) is 0 Å². The lowest BCUT2D eigenvalue weighted by atomic mass is 9.91. The van der Waals surface area contributed by atoms with Gasteiger partial charge in [0.05, 0.1) is 5.52 Å². The van der Waals surface area contributed by atoms with Crippen molar-refractivity contribution < 1.29 is 22.8 Å².